The molecule has 8 heteroatoms. The Balaban J connectivity index is 3.34. The highest BCUT2D eigenvalue weighted by molar-refractivity contribution is 7.82. The minimum atomic E-state index is -2.90. The van der Waals surface area contributed by atoms with Crippen molar-refractivity contribution in [1.82, 2.24) is 0 Å². The first-order valence-electron chi connectivity index (χ1n) is 12.4. The molecule has 0 radical (unpaired) electrons. The van der Waals surface area contributed by atoms with Gasteiger partial charge < -0.3 is 13.3 Å². The lowest BCUT2D eigenvalue weighted by molar-refractivity contribution is -0.117. The second-order valence-electron chi connectivity index (χ2n) is 9.24. The fraction of sp³-hybridized carbons (Fsp3) is 0.917. The Hall–Kier alpha value is 0.137. The molecule has 1 saturated carbocycles. The minimum absolute atomic E-state index is 0.00587. The Morgan fingerprint density at radius 1 is 0.906 bits per heavy atom. The highest BCUT2D eigenvalue weighted by Crippen LogP contribution is 2.55. The molecule has 32 heavy (non-hydrogen) atoms. The maximum atomic E-state index is 11.9. The van der Waals surface area contributed by atoms with Crippen LogP contribution in [0.3, 0.4) is 0 Å². The summed E-state index contributed by atoms with van der Waals surface area (Å²) < 4.78 is 18.9. The van der Waals surface area contributed by atoms with Crippen LogP contribution in [0.5, 0.6) is 0 Å². The van der Waals surface area contributed by atoms with Crippen molar-refractivity contribution in [2.24, 2.45) is 11.3 Å². The van der Waals surface area contributed by atoms with Crippen molar-refractivity contribution in [1.29, 1.82) is 0 Å². The van der Waals surface area contributed by atoms with Crippen molar-refractivity contribution in [2.75, 3.05) is 19.8 Å². The van der Waals surface area contributed by atoms with Gasteiger partial charge in [0, 0.05) is 25.4 Å². The summed E-state index contributed by atoms with van der Waals surface area (Å²) in [5.74, 6) is 0.565. The van der Waals surface area contributed by atoms with Crippen molar-refractivity contribution in [3.05, 3.63) is 0 Å². The molecular formula is C24H46O5S2Si. The molecule has 1 fully saturated rings. The molecule has 188 valence electrons. The third-order valence-electron chi connectivity index (χ3n) is 7.19. The lowest BCUT2D eigenvalue weighted by Gasteiger charge is -2.50. The molecule has 0 spiro atoms. The normalized spacial score (nSPS) is 24.7. The van der Waals surface area contributed by atoms with Gasteiger partial charge in [0.25, 0.3) is 0 Å². The maximum Gasteiger partial charge on any atom is 0.504 e. The zero-order valence-corrected chi connectivity index (χ0v) is 23.8. The number of ketones is 2. The lowest BCUT2D eigenvalue weighted by atomic mass is 9.60. The van der Waals surface area contributed by atoms with Crippen LogP contribution in [0, 0.1) is 11.3 Å². The van der Waals surface area contributed by atoms with Crippen LogP contribution >= 0.6 is 25.3 Å². The van der Waals surface area contributed by atoms with E-state index in [4.69, 9.17) is 13.3 Å². The highest BCUT2D eigenvalue weighted by atomic mass is 32.1. The van der Waals surface area contributed by atoms with Crippen molar-refractivity contribution < 1.29 is 22.9 Å². The van der Waals surface area contributed by atoms with Gasteiger partial charge in [0.1, 0.15) is 11.6 Å². The molecule has 0 aromatic rings. The van der Waals surface area contributed by atoms with Crippen molar-refractivity contribution >= 4 is 45.6 Å². The Kier molecular flexibility index (Phi) is 13.7. The van der Waals surface area contributed by atoms with Crippen LogP contribution < -0.4 is 0 Å². The highest BCUT2D eigenvalue weighted by Gasteiger charge is 2.55. The van der Waals surface area contributed by atoms with Crippen molar-refractivity contribution in [3.63, 3.8) is 0 Å². The van der Waals surface area contributed by atoms with E-state index >= 15 is 0 Å². The summed E-state index contributed by atoms with van der Waals surface area (Å²) in [6.45, 7) is 13.1. The van der Waals surface area contributed by atoms with Crippen molar-refractivity contribution in [2.45, 2.75) is 109 Å². The van der Waals surface area contributed by atoms with Crippen LogP contribution in [-0.4, -0.2) is 50.7 Å². The van der Waals surface area contributed by atoms with Gasteiger partial charge in [-0.1, -0.05) is 19.8 Å². The molecule has 0 heterocycles. The average molecular weight is 507 g/mol. The van der Waals surface area contributed by atoms with E-state index in [9.17, 15) is 9.59 Å². The summed E-state index contributed by atoms with van der Waals surface area (Å²) >= 11 is 9.12. The summed E-state index contributed by atoms with van der Waals surface area (Å²) in [6, 6.07) is 0. The molecule has 0 aromatic heterocycles. The number of carbonyl (C=O) groups is 2. The zero-order chi connectivity index (χ0) is 24.4. The molecule has 0 N–H and O–H groups in total. The molecule has 0 saturated heterocycles. The Bertz CT molecular complexity index is 548. The van der Waals surface area contributed by atoms with E-state index in [1.54, 1.807) is 13.8 Å². The van der Waals surface area contributed by atoms with Crippen LogP contribution in [0.15, 0.2) is 0 Å². The standard InChI is InChI=1S/C24H46O5S2Si/c1-7-27-32(28-8-2,29-9-3)20(6)21-12-10-11-15-24(21,16-13-22(30)18(4)25)17-14-23(31)19(5)26/h20-23,30-31H,7-17H2,1-6H3. The van der Waals surface area contributed by atoms with Crippen LogP contribution in [-0.2, 0) is 22.9 Å². The number of rotatable bonds is 16. The molecular weight excluding hydrogens is 460 g/mol. The third kappa shape index (κ3) is 8.12. The van der Waals surface area contributed by atoms with Gasteiger partial charge in [0.2, 0.25) is 0 Å². The zero-order valence-electron chi connectivity index (χ0n) is 21.0. The van der Waals surface area contributed by atoms with E-state index in [0.29, 0.717) is 25.7 Å². The van der Waals surface area contributed by atoms with Gasteiger partial charge in [-0.05, 0) is 84.5 Å². The molecule has 0 aromatic carbocycles. The lowest BCUT2D eigenvalue weighted by Crippen LogP contribution is -2.54. The molecule has 1 aliphatic carbocycles. The fourth-order valence-electron chi connectivity index (χ4n) is 5.48. The first kappa shape index (κ1) is 30.2. The smallest absolute Gasteiger partial charge is 0.374 e. The molecule has 5 nitrogen and oxygen atoms in total. The van der Waals surface area contributed by atoms with E-state index in [-0.39, 0.29) is 33.0 Å². The van der Waals surface area contributed by atoms with Gasteiger partial charge in [-0.15, -0.1) is 0 Å². The predicted molar refractivity (Wildman–Crippen MR) is 140 cm³/mol. The summed E-state index contributed by atoms with van der Waals surface area (Å²) in [5, 5.41) is -0.505. The second-order valence-corrected chi connectivity index (χ2v) is 13.5. The SMILES string of the molecule is CCO[Si](OCC)(OCC)C(C)C1CCCCC1(CCC(S)C(C)=O)CCC(S)C(C)=O. The fourth-order valence-corrected chi connectivity index (χ4v) is 9.00. The molecule has 0 amide bonds. The van der Waals surface area contributed by atoms with E-state index in [1.165, 1.54) is 6.42 Å². The van der Waals surface area contributed by atoms with Gasteiger partial charge in [0.05, 0.1) is 10.5 Å². The minimum Gasteiger partial charge on any atom is -0.374 e. The number of carbonyl (C=O) groups excluding carboxylic acids is 2. The first-order chi connectivity index (χ1) is 15.1. The van der Waals surface area contributed by atoms with Crippen LogP contribution in [0.2, 0.25) is 5.54 Å². The summed E-state index contributed by atoms with van der Waals surface area (Å²) in [4.78, 5) is 23.8. The molecule has 0 bridgehead atoms. The van der Waals surface area contributed by atoms with E-state index < -0.39 is 8.80 Å². The quantitative estimate of drug-likeness (QED) is 0.200. The topological polar surface area (TPSA) is 61.8 Å². The molecule has 0 aliphatic heterocycles. The summed E-state index contributed by atoms with van der Waals surface area (Å²) in [5.41, 5.74) is 0.127. The predicted octanol–water partition coefficient (Wildman–Crippen LogP) is 5.94. The Morgan fingerprint density at radius 2 is 1.34 bits per heavy atom. The van der Waals surface area contributed by atoms with Gasteiger partial charge >= 0.3 is 8.80 Å². The Labute approximate surface area is 208 Å². The van der Waals surface area contributed by atoms with Crippen LogP contribution in [0.4, 0.5) is 0 Å². The molecule has 1 rings (SSSR count). The van der Waals surface area contributed by atoms with E-state index in [0.717, 1.165) is 44.9 Å². The maximum absolute atomic E-state index is 11.9. The molecule has 1 aliphatic rings. The molecule has 4 unspecified atom stereocenters. The molecule has 4 atom stereocenters. The van der Waals surface area contributed by atoms with Crippen LogP contribution in [0.25, 0.3) is 0 Å². The summed E-state index contributed by atoms with van der Waals surface area (Å²) in [6.07, 6.45) is 7.78. The second kappa shape index (κ2) is 14.5. The van der Waals surface area contributed by atoms with Gasteiger partial charge in [-0.2, -0.15) is 25.3 Å². The first-order valence-corrected chi connectivity index (χ1v) is 15.2. The van der Waals surface area contributed by atoms with E-state index in [2.05, 4.69) is 32.2 Å². The van der Waals surface area contributed by atoms with Crippen molar-refractivity contribution in [3.8, 4) is 0 Å². The Morgan fingerprint density at radius 3 is 1.72 bits per heavy atom. The van der Waals surface area contributed by atoms with E-state index in [1.807, 2.05) is 20.8 Å². The number of hydrogen-bond donors (Lipinski definition) is 2. The average Bonchev–Trinajstić information content (AvgIpc) is 2.75. The van der Waals surface area contributed by atoms with Gasteiger partial charge in [-0.25, -0.2) is 0 Å². The summed E-state index contributed by atoms with van der Waals surface area (Å²) in [7, 11) is -2.90. The number of hydrogen-bond acceptors (Lipinski definition) is 7. The largest absolute Gasteiger partial charge is 0.504 e. The van der Waals surface area contributed by atoms with Gasteiger partial charge in [-0.3, -0.25) is 9.59 Å². The van der Waals surface area contributed by atoms with Gasteiger partial charge in [0.15, 0.2) is 0 Å². The number of Topliss-reactive ketones (excluding diaryl/α,β-unsaturated/α-hetero) is 2. The third-order valence-corrected chi connectivity index (χ3v) is 12.0. The monoisotopic (exact) mass is 506 g/mol. The van der Waals surface area contributed by atoms with Crippen LogP contribution in [0.1, 0.15) is 92.9 Å². The number of thiol groups is 2.